The van der Waals surface area contributed by atoms with Crippen LogP contribution in [-0.2, 0) is 13.2 Å². The molecule has 0 spiro atoms. The zero-order valence-corrected chi connectivity index (χ0v) is 13.8. The number of halogens is 1. The first kappa shape index (κ1) is 16.1. The number of aliphatic hydroxyl groups is 1. The first-order valence-corrected chi connectivity index (χ1v) is 8.54. The van der Waals surface area contributed by atoms with Crippen LogP contribution in [0.1, 0.15) is 35.4 Å². The van der Waals surface area contributed by atoms with E-state index in [9.17, 15) is 14.3 Å². The molecule has 0 radical (unpaired) electrons. The summed E-state index contributed by atoms with van der Waals surface area (Å²) in [6, 6.07) is 7.78. The van der Waals surface area contributed by atoms with Crippen molar-refractivity contribution in [1.29, 1.82) is 0 Å². The molecule has 1 fully saturated rings. The van der Waals surface area contributed by atoms with Crippen LogP contribution in [-0.4, -0.2) is 44.4 Å². The molecule has 2 aliphatic rings. The SMILES string of the molecule is O=C1c2cc(COc3cccc(F)c3)nn2CCN1C1CCC(O)C1. The molecule has 1 amide bonds. The van der Waals surface area contributed by atoms with Gasteiger partial charge in [0.1, 0.15) is 29.6 Å². The number of rotatable bonds is 4. The third-order valence-corrected chi connectivity index (χ3v) is 4.86. The normalized spacial score (nSPS) is 23.0. The Kier molecular flexibility index (Phi) is 4.17. The van der Waals surface area contributed by atoms with Crippen LogP contribution in [0.15, 0.2) is 30.3 Å². The first-order chi connectivity index (χ1) is 12.1. The molecule has 7 heteroatoms. The van der Waals surface area contributed by atoms with Crippen molar-refractivity contribution in [2.45, 2.75) is 44.6 Å². The van der Waals surface area contributed by atoms with Gasteiger partial charge >= 0.3 is 0 Å². The second kappa shape index (κ2) is 6.48. The summed E-state index contributed by atoms with van der Waals surface area (Å²) in [6.45, 7) is 1.42. The van der Waals surface area contributed by atoms with Crippen LogP contribution in [0.3, 0.4) is 0 Å². The van der Waals surface area contributed by atoms with Crippen molar-refractivity contribution in [3.63, 3.8) is 0 Å². The molecule has 1 N–H and O–H groups in total. The number of hydrogen-bond donors (Lipinski definition) is 1. The molecule has 1 aromatic heterocycles. The second-order valence-corrected chi connectivity index (χ2v) is 6.61. The number of aliphatic hydroxyl groups excluding tert-OH is 1. The quantitative estimate of drug-likeness (QED) is 0.920. The molecule has 1 aromatic carbocycles. The number of amides is 1. The maximum atomic E-state index is 13.2. The molecular formula is C18H20FN3O3. The Morgan fingerprint density at radius 1 is 1.28 bits per heavy atom. The summed E-state index contributed by atoms with van der Waals surface area (Å²) in [4.78, 5) is 14.6. The molecule has 2 atom stereocenters. The van der Waals surface area contributed by atoms with Crippen molar-refractivity contribution in [3.8, 4) is 5.75 Å². The maximum Gasteiger partial charge on any atom is 0.272 e. The lowest BCUT2D eigenvalue weighted by Crippen LogP contribution is -2.45. The molecule has 132 valence electrons. The molecule has 6 nitrogen and oxygen atoms in total. The largest absolute Gasteiger partial charge is 0.487 e. The van der Waals surface area contributed by atoms with E-state index in [-0.39, 0.29) is 30.5 Å². The van der Waals surface area contributed by atoms with Crippen LogP contribution >= 0.6 is 0 Å². The predicted octanol–water partition coefficient (Wildman–Crippen LogP) is 1.97. The van der Waals surface area contributed by atoms with Gasteiger partial charge in [-0.2, -0.15) is 5.10 Å². The van der Waals surface area contributed by atoms with E-state index >= 15 is 0 Å². The smallest absolute Gasteiger partial charge is 0.272 e. The van der Waals surface area contributed by atoms with Gasteiger partial charge in [-0.25, -0.2) is 4.39 Å². The van der Waals surface area contributed by atoms with Gasteiger partial charge in [0.2, 0.25) is 0 Å². The highest BCUT2D eigenvalue weighted by Gasteiger charge is 2.35. The fraction of sp³-hybridized carbons (Fsp3) is 0.444. The van der Waals surface area contributed by atoms with Crippen molar-refractivity contribution >= 4 is 5.91 Å². The monoisotopic (exact) mass is 345 g/mol. The van der Waals surface area contributed by atoms with Gasteiger partial charge in [-0.1, -0.05) is 6.07 Å². The summed E-state index contributed by atoms with van der Waals surface area (Å²) in [7, 11) is 0. The number of aromatic nitrogens is 2. The number of ether oxygens (including phenoxy) is 1. The summed E-state index contributed by atoms with van der Waals surface area (Å²) in [5, 5.41) is 14.1. The van der Waals surface area contributed by atoms with Gasteiger partial charge in [0.05, 0.1) is 12.6 Å². The molecule has 2 aromatic rings. The van der Waals surface area contributed by atoms with Crippen LogP contribution in [0, 0.1) is 5.82 Å². The Morgan fingerprint density at radius 2 is 2.16 bits per heavy atom. The van der Waals surface area contributed by atoms with E-state index in [0.717, 1.165) is 12.8 Å². The number of hydrogen-bond acceptors (Lipinski definition) is 4. The highest BCUT2D eigenvalue weighted by atomic mass is 19.1. The average Bonchev–Trinajstić information content (AvgIpc) is 3.20. The van der Waals surface area contributed by atoms with Crippen LogP contribution in [0.2, 0.25) is 0 Å². The molecule has 2 heterocycles. The lowest BCUT2D eigenvalue weighted by molar-refractivity contribution is 0.0597. The van der Waals surface area contributed by atoms with Crippen LogP contribution < -0.4 is 4.74 Å². The van der Waals surface area contributed by atoms with Crippen molar-refractivity contribution < 1.29 is 19.0 Å². The zero-order chi connectivity index (χ0) is 17.4. The summed E-state index contributed by atoms with van der Waals surface area (Å²) in [5.41, 5.74) is 1.19. The first-order valence-electron chi connectivity index (χ1n) is 8.54. The molecule has 0 bridgehead atoms. The van der Waals surface area contributed by atoms with E-state index in [0.29, 0.717) is 36.6 Å². The van der Waals surface area contributed by atoms with Gasteiger partial charge in [0.25, 0.3) is 5.91 Å². The third kappa shape index (κ3) is 3.24. The van der Waals surface area contributed by atoms with Crippen molar-refractivity contribution in [2.24, 2.45) is 0 Å². The van der Waals surface area contributed by atoms with Crippen LogP contribution in [0.25, 0.3) is 0 Å². The zero-order valence-electron chi connectivity index (χ0n) is 13.8. The minimum atomic E-state index is -0.355. The number of carbonyl (C=O) groups is 1. The van der Waals surface area contributed by atoms with Crippen LogP contribution in [0.5, 0.6) is 5.75 Å². The van der Waals surface area contributed by atoms with Crippen molar-refractivity contribution in [3.05, 3.63) is 47.5 Å². The van der Waals surface area contributed by atoms with Crippen LogP contribution in [0.4, 0.5) is 4.39 Å². The number of carbonyl (C=O) groups excluding carboxylic acids is 1. The van der Waals surface area contributed by atoms with Crippen molar-refractivity contribution in [2.75, 3.05) is 6.54 Å². The van der Waals surface area contributed by atoms with Gasteiger partial charge < -0.3 is 14.7 Å². The van der Waals surface area contributed by atoms with E-state index in [1.165, 1.54) is 12.1 Å². The van der Waals surface area contributed by atoms with Gasteiger partial charge in [-0.15, -0.1) is 0 Å². The standard InChI is InChI=1S/C18H20FN3O3/c19-12-2-1-3-16(8-12)25-11-13-9-17-18(24)21(6-7-22(17)20-13)14-4-5-15(23)10-14/h1-3,8-9,14-15,23H,4-7,10-11H2. The molecule has 1 aliphatic carbocycles. The summed E-state index contributed by atoms with van der Waals surface area (Å²) < 4.78 is 20.4. The lowest BCUT2D eigenvalue weighted by atomic mass is 10.1. The molecular weight excluding hydrogens is 325 g/mol. The predicted molar refractivity (Wildman–Crippen MR) is 87.6 cm³/mol. The summed E-state index contributed by atoms with van der Waals surface area (Å²) in [6.07, 6.45) is 1.94. The Morgan fingerprint density at radius 3 is 2.92 bits per heavy atom. The Labute approximate surface area is 144 Å². The van der Waals surface area contributed by atoms with E-state index in [1.54, 1.807) is 22.9 Å². The topological polar surface area (TPSA) is 67.6 Å². The fourth-order valence-corrected chi connectivity index (χ4v) is 3.61. The van der Waals surface area contributed by atoms with Gasteiger partial charge in [0, 0.05) is 18.7 Å². The highest BCUT2D eigenvalue weighted by molar-refractivity contribution is 5.93. The number of fused-ring (bicyclic) bond motifs is 1. The van der Waals surface area contributed by atoms with E-state index in [4.69, 9.17) is 4.74 Å². The van der Waals surface area contributed by atoms with Crippen molar-refractivity contribution in [1.82, 2.24) is 14.7 Å². The van der Waals surface area contributed by atoms with E-state index in [2.05, 4.69) is 5.10 Å². The molecule has 2 unspecified atom stereocenters. The Balaban J connectivity index is 1.45. The molecule has 1 saturated carbocycles. The van der Waals surface area contributed by atoms with Gasteiger partial charge in [0.15, 0.2) is 0 Å². The minimum absolute atomic E-state index is 0.0464. The second-order valence-electron chi connectivity index (χ2n) is 6.61. The molecule has 4 rings (SSSR count). The number of nitrogens with zero attached hydrogens (tertiary/aromatic N) is 3. The third-order valence-electron chi connectivity index (χ3n) is 4.86. The average molecular weight is 345 g/mol. The lowest BCUT2D eigenvalue weighted by Gasteiger charge is -2.32. The number of benzene rings is 1. The van der Waals surface area contributed by atoms with Gasteiger partial charge in [-0.05, 0) is 37.5 Å². The summed E-state index contributed by atoms with van der Waals surface area (Å²) >= 11 is 0. The fourth-order valence-electron chi connectivity index (χ4n) is 3.61. The van der Waals surface area contributed by atoms with Gasteiger partial charge in [-0.3, -0.25) is 9.48 Å². The minimum Gasteiger partial charge on any atom is -0.487 e. The van der Waals surface area contributed by atoms with E-state index < -0.39 is 0 Å². The highest BCUT2D eigenvalue weighted by Crippen LogP contribution is 2.27. The Hall–Kier alpha value is -2.41. The molecule has 1 aliphatic heterocycles. The molecule has 25 heavy (non-hydrogen) atoms. The summed E-state index contributed by atoms with van der Waals surface area (Å²) in [5.74, 6) is 0.0277. The molecule has 0 saturated heterocycles. The van der Waals surface area contributed by atoms with E-state index in [1.807, 2.05) is 4.90 Å². The Bertz CT molecular complexity index is 792. The maximum absolute atomic E-state index is 13.2.